The zero-order valence-electron chi connectivity index (χ0n) is 7.77. The summed E-state index contributed by atoms with van der Waals surface area (Å²) in [5.74, 6) is 5.82. The number of nitrogen functional groups attached to an aromatic ring is 2. The molecular weight excluding hydrogens is 202 g/mol. The van der Waals surface area contributed by atoms with Crippen LogP contribution in [0, 0.1) is 0 Å². The fourth-order valence-corrected chi connectivity index (χ4v) is 1.63. The van der Waals surface area contributed by atoms with Crippen LogP contribution in [0.3, 0.4) is 0 Å². The van der Waals surface area contributed by atoms with Crippen LogP contribution < -0.4 is 17.0 Å². The van der Waals surface area contributed by atoms with Gasteiger partial charge >= 0.3 is 0 Å². The average molecular weight is 215 g/mol. The van der Waals surface area contributed by atoms with Crippen LogP contribution in [0.2, 0.25) is 0 Å². The van der Waals surface area contributed by atoms with Gasteiger partial charge in [-0.05, 0) is 0 Å². The minimum absolute atomic E-state index is 0.0647. The van der Waals surface area contributed by atoms with Gasteiger partial charge in [-0.3, -0.25) is 0 Å². The molecule has 6 nitrogen and oxygen atoms in total. The van der Waals surface area contributed by atoms with Crippen molar-refractivity contribution >= 4 is 23.5 Å². The first-order valence-corrected chi connectivity index (χ1v) is 4.92. The summed E-state index contributed by atoms with van der Waals surface area (Å²) >= 11 is 1.41. The van der Waals surface area contributed by atoms with Crippen LogP contribution in [0.15, 0.2) is 11.1 Å². The lowest BCUT2D eigenvalue weighted by Gasteiger charge is -2.08. The quantitative estimate of drug-likeness (QED) is 0.238. The molecule has 0 radical (unpaired) electrons. The molecule has 14 heavy (non-hydrogen) atoms. The summed E-state index contributed by atoms with van der Waals surface area (Å²) in [7, 11) is 0. The summed E-state index contributed by atoms with van der Waals surface area (Å²) < 4.78 is 0. The Labute approximate surface area is 86.1 Å². The number of hydrogen-bond acceptors (Lipinski definition) is 7. The Hall–Kier alpha value is -1.05. The van der Waals surface area contributed by atoms with Crippen molar-refractivity contribution in [2.45, 2.75) is 17.2 Å². The van der Waals surface area contributed by atoms with E-state index in [1.165, 1.54) is 11.8 Å². The van der Waals surface area contributed by atoms with E-state index < -0.39 is 0 Å². The third kappa shape index (κ3) is 3.02. The lowest BCUT2D eigenvalue weighted by atomic mass is 10.5. The van der Waals surface area contributed by atoms with Crippen LogP contribution in [-0.4, -0.2) is 26.9 Å². The van der Waals surface area contributed by atoms with Crippen LogP contribution in [0.25, 0.3) is 0 Å². The second kappa shape index (κ2) is 4.99. The van der Waals surface area contributed by atoms with Gasteiger partial charge in [0.15, 0.2) is 0 Å². The molecule has 0 saturated carbocycles. The Bertz CT molecular complexity index is 308. The summed E-state index contributed by atoms with van der Waals surface area (Å²) in [6.07, 6.45) is 0. The Kier molecular flexibility index (Phi) is 3.93. The number of hydrazine groups is 1. The Morgan fingerprint density at radius 2 is 2.36 bits per heavy atom. The van der Waals surface area contributed by atoms with E-state index in [0.29, 0.717) is 10.8 Å². The molecule has 0 aliphatic rings. The Balaban J connectivity index is 2.81. The van der Waals surface area contributed by atoms with Crippen molar-refractivity contribution in [3.8, 4) is 0 Å². The van der Waals surface area contributed by atoms with Gasteiger partial charge in [0.05, 0.1) is 6.61 Å². The Morgan fingerprint density at radius 1 is 1.64 bits per heavy atom. The molecule has 1 unspecified atom stereocenters. The second-order valence-corrected chi connectivity index (χ2v) is 4.16. The Morgan fingerprint density at radius 3 is 2.93 bits per heavy atom. The highest BCUT2D eigenvalue weighted by Gasteiger charge is 2.06. The minimum Gasteiger partial charge on any atom is -0.395 e. The highest BCUT2D eigenvalue weighted by Crippen LogP contribution is 2.23. The number of nitrogens with one attached hydrogen (secondary N) is 1. The van der Waals surface area contributed by atoms with E-state index in [9.17, 15) is 0 Å². The van der Waals surface area contributed by atoms with E-state index in [-0.39, 0.29) is 17.8 Å². The number of anilines is 2. The van der Waals surface area contributed by atoms with Gasteiger partial charge in [0.2, 0.25) is 5.95 Å². The largest absolute Gasteiger partial charge is 0.395 e. The highest BCUT2D eigenvalue weighted by atomic mass is 32.2. The maximum atomic E-state index is 8.86. The van der Waals surface area contributed by atoms with Gasteiger partial charge in [-0.25, -0.2) is 10.8 Å². The second-order valence-electron chi connectivity index (χ2n) is 2.71. The smallest absolute Gasteiger partial charge is 0.223 e. The van der Waals surface area contributed by atoms with Crippen molar-refractivity contribution in [3.05, 3.63) is 6.07 Å². The van der Waals surface area contributed by atoms with Gasteiger partial charge in [0.1, 0.15) is 10.8 Å². The van der Waals surface area contributed by atoms with E-state index in [1.54, 1.807) is 6.07 Å². The van der Waals surface area contributed by atoms with Crippen molar-refractivity contribution < 1.29 is 5.11 Å². The van der Waals surface area contributed by atoms with E-state index in [4.69, 9.17) is 16.7 Å². The first kappa shape index (κ1) is 11.0. The first-order chi connectivity index (χ1) is 6.65. The lowest BCUT2D eigenvalue weighted by Crippen LogP contribution is -2.11. The molecule has 0 aliphatic carbocycles. The fraction of sp³-hybridized carbons (Fsp3) is 0.429. The first-order valence-electron chi connectivity index (χ1n) is 4.04. The third-order valence-electron chi connectivity index (χ3n) is 1.45. The lowest BCUT2D eigenvalue weighted by molar-refractivity contribution is 0.300. The van der Waals surface area contributed by atoms with E-state index >= 15 is 0 Å². The molecule has 1 aromatic rings. The van der Waals surface area contributed by atoms with Gasteiger partial charge in [-0.1, -0.05) is 6.92 Å². The van der Waals surface area contributed by atoms with Crippen molar-refractivity contribution in [2.75, 3.05) is 17.8 Å². The number of aliphatic hydroxyl groups is 1. The summed E-state index contributed by atoms with van der Waals surface area (Å²) in [6, 6.07) is 1.67. The average Bonchev–Trinajstić information content (AvgIpc) is 2.16. The maximum absolute atomic E-state index is 8.86. The predicted molar refractivity (Wildman–Crippen MR) is 56.7 cm³/mol. The summed E-state index contributed by atoms with van der Waals surface area (Å²) in [5.41, 5.74) is 7.85. The normalized spacial score (nSPS) is 12.5. The molecule has 1 aromatic heterocycles. The van der Waals surface area contributed by atoms with Crippen LogP contribution in [0.5, 0.6) is 0 Å². The molecule has 1 heterocycles. The molecule has 0 bridgehead atoms. The number of thioether (sulfide) groups is 1. The molecule has 1 rings (SSSR count). The number of rotatable bonds is 4. The van der Waals surface area contributed by atoms with Gasteiger partial charge in [0, 0.05) is 11.3 Å². The molecule has 0 fully saturated rings. The van der Waals surface area contributed by atoms with E-state index in [1.807, 2.05) is 6.92 Å². The SMILES string of the molecule is CC(CO)Sc1cc(NN)nc(N)n1. The van der Waals surface area contributed by atoms with E-state index in [2.05, 4.69) is 15.4 Å². The van der Waals surface area contributed by atoms with Crippen molar-refractivity contribution in [1.29, 1.82) is 0 Å². The number of nitrogens with zero attached hydrogens (tertiary/aromatic N) is 2. The summed E-state index contributed by atoms with van der Waals surface area (Å²) in [6.45, 7) is 1.97. The molecule has 0 amide bonds. The minimum atomic E-state index is 0.0647. The van der Waals surface area contributed by atoms with Crippen molar-refractivity contribution in [3.63, 3.8) is 0 Å². The zero-order chi connectivity index (χ0) is 10.6. The number of aliphatic hydroxyl groups excluding tert-OH is 1. The van der Waals surface area contributed by atoms with Crippen LogP contribution in [-0.2, 0) is 0 Å². The predicted octanol–water partition coefficient (Wildman–Crippen LogP) is -0.183. The molecule has 0 aliphatic heterocycles. The topological polar surface area (TPSA) is 110 Å². The van der Waals surface area contributed by atoms with E-state index in [0.717, 1.165) is 0 Å². The van der Waals surface area contributed by atoms with Gasteiger partial charge < -0.3 is 16.3 Å². The fourth-order valence-electron chi connectivity index (χ4n) is 0.821. The van der Waals surface area contributed by atoms with Crippen LogP contribution in [0.1, 0.15) is 6.92 Å². The molecule has 0 aromatic carbocycles. The van der Waals surface area contributed by atoms with Crippen LogP contribution in [0.4, 0.5) is 11.8 Å². The van der Waals surface area contributed by atoms with Crippen LogP contribution >= 0.6 is 11.8 Å². The summed E-state index contributed by atoms with van der Waals surface area (Å²) in [4.78, 5) is 7.83. The molecule has 78 valence electrons. The monoisotopic (exact) mass is 215 g/mol. The standard InChI is InChI=1S/C7H13N5OS/c1-4(3-13)14-6-2-5(12-9)10-7(8)11-6/h2,4,13H,3,9H2,1H3,(H3,8,10,11,12). The van der Waals surface area contributed by atoms with Gasteiger partial charge in [-0.15, -0.1) is 11.8 Å². The molecule has 0 saturated heterocycles. The molecular formula is C7H13N5OS. The zero-order valence-corrected chi connectivity index (χ0v) is 8.58. The number of nitrogens with two attached hydrogens (primary N) is 2. The van der Waals surface area contributed by atoms with Gasteiger partial charge in [0.25, 0.3) is 0 Å². The summed E-state index contributed by atoms with van der Waals surface area (Å²) in [5, 5.41) is 9.61. The number of aromatic nitrogens is 2. The molecule has 0 spiro atoms. The maximum Gasteiger partial charge on any atom is 0.223 e. The molecule has 7 heteroatoms. The van der Waals surface area contributed by atoms with Crippen molar-refractivity contribution in [2.24, 2.45) is 5.84 Å². The molecule has 6 N–H and O–H groups in total. The third-order valence-corrected chi connectivity index (χ3v) is 2.45. The van der Waals surface area contributed by atoms with Crippen molar-refractivity contribution in [1.82, 2.24) is 9.97 Å². The van der Waals surface area contributed by atoms with Gasteiger partial charge in [-0.2, -0.15) is 4.98 Å². The number of hydrogen-bond donors (Lipinski definition) is 4. The highest BCUT2D eigenvalue weighted by molar-refractivity contribution is 7.99. The molecule has 1 atom stereocenters.